The first-order chi connectivity index (χ1) is 9.54. The Hall–Kier alpha value is -0.990. The molecule has 3 nitrogen and oxygen atoms in total. The summed E-state index contributed by atoms with van der Waals surface area (Å²) in [5, 5.41) is 0. The van der Waals surface area contributed by atoms with Crippen LogP contribution in [0.1, 0.15) is 89.6 Å². The Morgan fingerprint density at radius 2 is 1.90 bits per heavy atom. The lowest BCUT2D eigenvalue weighted by molar-refractivity contribution is 0.492. The molecule has 20 heavy (non-hydrogen) atoms. The smallest absolute Gasteiger partial charge is 0.127 e. The van der Waals surface area contributed by atoms with Gasteiger partial charge in [-0.05, 0) is 25.2 Å². The highest BCUT2D eigenvalue weighted by Crippen LogP contribution is 2.37. The van der Waals surface area contributed by atoms with E-state index in [9.17, 15) is 0 Å². The van der Waals surface area contributed by atoms with Crippen molar-refractivity contribution in [3.05, 3.63) is 11.5 Å². The van der Waals surface area contributed by atoms with Crippen molar-refractivity contribution < 1.29 is 0 Å². The zero-order valence-corrected chi connectivity index (χ0v) is 13.7. The van der Waals surface area contributed by atoms with Gasteiger partial charge >= 0.3 is 0 Å². The van der Waals surface area contributed by atoms with Gasteiger partial charge in [-0.15, -0.1) is 0 Å². The Labute approximate surface area is 124 Å². The fraction of sp³-hybridized carbons (Fsp3) is 0.824. The molecule has 1 aliphatic rings. The van der Waals surface area contributed by atoms with Crippen molar-refractivity contribution in [3.8, 4) is 0 Å². The second kappa shape index (κ2) is 6.64. The van der Waals surface area contributed by atoms with Crippen LogP contribution in [0.3, 0.4) is 0 Å². The summed E-state index contributed by atoms with van der Waals surface area (Å²) in [6.45, 7) is 10.0. The van der Waals surface area contributed by atoms with Gasteiger partial charge in [0.05, 0.1) is 5.69 Å². The van der Waals surface area contributed by atoms with Crippen LogP contribution in [0.25, 0.3) is 0 Å². The van der Waals surface area contributed by atoms with Gasteiger partial charge in [-0.1, -0.05) is 47.0 Å². The van der Waals surface area contributed by atoms with E-state index in [1.165, 1.54) is 44.3 Å². The maximum absolute atomic E-state index is 6.45. The van der Waals surface area contributed by atoms with Crippen LogP contribution >= 0.6 is 0 Å². The van der Waals surface area contributed by atoms with Crippen molar-refractivity contribution in [2.45, 2.75) is 84.6 Å². The summed E-state index contributed by atoms with van der Waals surface area (Å²) in [5.41, 5.74) is 7.60. The molecule has 0 amide bonds. The van der Waals surface area contributed by atoms with Gasteiger partial charge in [-0.2, -0.15) is 0 Å². The SMILES string of the molecule is CCCC(C)c1nc(C2CCCC2)n(CC(C)C)c1N. The summed E-state index contributed by atoms with van der Waals surface area (Å²) in [6.07, 6.45) is 7.63. The van der Waals surface area contributed by atoms with Gasteiger partial charge in [-0.25, -0.2) is 4.98 Å². The van der Waals surface area contributed by atoms with Crippen LogP contribution in [0, 0.1) is 5.92 Å². The highest BCUT2D eigenvalue weighted by atomic mass is 15.1. The lowest BCUT2D eigenvalue weighted by Crippen LogP contribution is -2.13. The molecule has 0 radical (unpaired) electrons. The van der Waals surface area contributed by atoms with E-state index >= 15 is 0 Å². The van der Waals surface area contributed by atoms with Gasteiger partial charge in [0, 0.05) is 18.4 Å². The molecule has 1 aromatic heterocycles. The Kier molecular flexibility index (Phi) is 5.11. The molecule has 2 rings (SSSR count). The fourth-order valence-corrected chi connectivity index (χ4v) is 3.49. The molecule has 1 atom stereocenters. The number of nitrogens with two attached hydrogens (primary N) is 1. The van der Waals surface area contributed by atoms with Crippen molar-refractivity contribution in [2.75, 3.05) is 5.73 Å². The normalized spacial score (nSPS) is 18.1. The molecule has 1 aliphatic carbocycles. The third-order valence-electron chi connectivity index (χ3n) is 4.52. The van der Waals surface area contributed by atoms with Gasteiger partial charge in [-0.3, -0.25) is 0 Å². The predicted octanol–water partition coefficient (Wildman–Crippen LogP) is 4.68. The van der Waals surface area contributed by atoms with Crippen LogP contribution in [0.4, 0.5) is 5.82 Å². The Morgan fingerprint density at radius 3 is 2.45 bits per heavy atom. The Bertz CT molecular complexity index is 428. The van der Waals surface area contributed by atoms with E-state index in [2.05, 4.69) is 32.3 Å². The highest BCUT2D eigenvalue weighted by molar-refractivity contribution is 5.41. The van der Waals surface area contributed by atoms with E-state index in [0.717, 1.165) is 18.1 Å². The number of nitrogen functional groups attached to an aromatic ring is 1. The van der Waals surface area contributed by atoms with Crippen molar-refractivity contribution in [1.82, 2.24) is 9.55 Å². The van der Waals surface area contributed by atoms with E-state index in [4.69, 9.17) is 10.7 Å². The lowest BCUT2D eigenvalue weighted by Gasteiger charge is -2.16. The number of imidazole rings is 1. The molecule has 1 heterocycles. The standard InChI is InChI=1S/C17H31N3/c1-5-8-13(4)15-16(18)20(11-12(2)3)17(19-15)14-9-6-7-10-14/h12-14H,5-11,18H2,1-4H3. The minimum atomic E-state index is 0.480. The summed E-state index contributed by atoms with van der Waals surface area (Å²) in [7, 11) is 0. The van der Waals surface area contributed by atoms with Gasteiger partial charge in [0.25, 0.3) is 0 Å². The second-order valence-corrected chi connectivity index (χ2v) is 6.92. The van der Waals surface area contributed by atoms with E-state index in [-0.39, 0.29) is 0 Å². The molecule has 0 aromatic carbocycles. The maximum Gasteiger partial charge on any atom is 0.127 e. The topological polar surface area (TPSA) is 43.8 Å². The monoisotopic (exact) mass is 277 g/mol. The van der Waals surface area contributed by atoms with Crippen LogP contribution in [-0.4, -0.2) is 9.55 Å². The molecule has 0 aliphatic heterocycles. The van der Waals surface area contributed by atoms with E-state index in [1.54, 1.807) is 0 Å². The molecule has 1 unspecified atom stereocenters. The zero-order chi connectivity index (χ0) is 14.7. The van der Waals surface area contributed by atoms with Crippen molar-refractivity contribution >= 4 is 5.82 Å². The third-order valence-corrected chi connectivity index (χ3v) is 4.52. The first-order valence-electron chi connectivity index (χ1n) is 8.40. The first kappa shape index (κ1) is 15.4. The van der Waals surface area contributed by atoms with Gasteiger partial charge in [0.2, 0.25) is 0 Å². The maximum atomic E-state index is 6.45. The second-order valence-electron chi connectivity index (χ2n) is 6.92. The van der Waals surface area contributed by atoms with Crippen LogP contribution in [-0.2, 0) is 6.54 Å². The summed E-state index contributed by atoms with van der Waals surface area (Å²) < 4.78 is 2.32. The molecule has 0 bridgehead atoms. The molecule has 1 saturated carbocycles. The number of anilines is 1. The van der Waals surface area contributed by atoms with Crippen LogP contribution in [0.5, 0.6) is 0 Å². The van der Waals surface area contributed by atoms with Gasteiger partial charge < -0.3 is 10.3 Å². The first-order valence-corrected chi connectivity index (χ1v) is 8.40. The van der Waals surface area contributed by atoms with E-state index < -0.39 is 0 Å². The van der Waals surface area contributed by atoms with Crippen molar-refractivity contribution in [1.29, 1.82) is 0 Å². The minimum absolute atomic E-state index is 0.480. The molecule has 2 N–H and O–H groups in total. The third kappa shape index (κ3) is 3.18. The van der Waals surface area contributed by atoms with Gasteiger partial charge in [0.1, 0.15) is 11.6 Å². The zero-order valence-electron chi connectivity index (χ0n) is 13.7. The summed E-state index contributed by atoms with van der Waals surface area (Å²) >= 11 is 0. The average molecular weight is 277 g/mol. The quantitative estimate of drug-likeness (QED) is 0.820. The van der Waals surface area contributed by atoms with E-state index in [1.807, 2.05) is 0 Å². The number of hydrogen-bond acceptors (Lipinski definition) is 2. The molecule has 1 fully saturated rings. The average Bonchev–Trinajstić information content (AvgIpc) is 2.99. The number of aromatic nitrogens is 2. The van der Waals surface area contributed by atoms with Crippen LogP contribution in [0.2, 0.25) is 0 Å². The summed E-state index contributed by atoms with van der Waals surface area (Å²) in [6, 6.07) is 0. The minimum Gasteiger partial charge on any atom is -0.384 e. The highest BCUT2D eigenvalue weighted by Gasteiger charge is 2.26. The Morgan fingerprint density at radius 1 is 1.25 bits per heavy atom. The molecular formula is C17H31N3. The fourth-order valence-electron chi connectivity index (χ4n) is 3.49. The molecule has 114 valence electrons. The Balaban J connectivity index is 2.34. The van der Waals surface area contributed by atoms with Gasteiger partial charge in [0.15, 0.2) is 0 Å². The summed E-state index contributed by atoms with van der Waals surface area (Å²) in [5.74, 6) is 3.93. The largest absolute Gasteiger partial charge is 0.384 e. The molecular weight excluding hydrogens is 246 g/mol. The van der Waals surface area contributed by atoms with Crippen molar-refractivity contribution in [2.24, 2.45) is 5.92 Å². The predicted molar refractivity (Wildman–Crippen MR) is 86.0 cm³/mol. The molecule has 1 aromatic rings. The number of nitrogens with zero attached hydrogens (tertiary/aromatic N) is 2. The molecule has 3 heteroatoms. The van der Waals surface area contributed by atoms with Crippen molar-refractivity contribution in [3.63, 3.8) is 0 Å². The number of hydrogen-bond donors (Lipinski definition) is 1. The van der Waals surface area contributed by atoms with Crippen LogP contribution in [0.15, 0.2) is 0 Å². The molecule has 0 spiro atoms. The number of rotatable bonds is 6. The lowest BCUT2D eigenvalue weighted by atomic mass is 10.0. The van der Waals surface area contributed by atoms with Crippen LogP contribution < -0.4 is 5.73 Å². The van der Waals surface area contributed by atoms with E-state index in [0.29, 0.717) is 17.8 Å². The summed E-state index contributed by atoms with van der Waals surface area (Å²) in [4.78, 5) is 5.00. The molecule has 0 saturated heterocycles.